The molecule has 0 aromatic rings. The molecule has 3 fully saturated rings. The van der Waals surface area contributed by atoms with Crippen molar-refractivity contribution in [1.82, 2.24) is 15.1 Å². The van der Waals surface area contributed by atoms with E-state index < -0.39 is 0 Å². The second-order valence-electron chi connectivity index (χ2n) is 7.43. The van der Waals surface area contributed by atoms with Gasteiger partial charge in [0, 0.05) is 64.4 Å². The molecule has 27 heavy (non-hydrogen) atoms. The molecular formula is C19H37IN4O3. The summed E-state index contributed by atoms with van der Waals surface area (Å²) in [6.07, 6.45) is 3.34. The van der Waals surface area contributed by atoms with Gasteiger partial charge in [0.1, 0.15) is 0 Å². The third kappa shape index (κ3) is 7.64. The fourth-order valence-corrected chi connectivity index (χ4v) is 3.92. The molecule has 0 spiro atoms. The summed E-state index contributed by atoms with van der Waals surface area (Å²) >= 11 is 0. The standard InChI is InChI=1S/C19H36N4O3.HI/c1-2-20-19(21-6-3-10-25-15-17-5-11-26-16-17)23-7-4-18(14-23)22-8-12-24-13-9-22;/h17-18H,2-16H2,1H3,(H,20,21);1H. The predicted octanol–water partition coefficient (Wildman–Crippen LogP) is 1.42. The summed E-state index contributed by atoms with van der Waals surface area (Å²) in [5.41, 5.74) is 0. The number of hydrogen-bond acceptors (Lipinski definition) is 5. The van der Waals surface area contributed by atoms with Crippen LogP contribution in [0.4, 0.5) is 0 Å². The molecule has 3 rings (SSSR count). The van der Waals surface area contributed by atoms with Gasteiger partial charge in [0.2, 0.25) is 0 Å². The van der Waals surface area contributed by atoms with Gasteiger partial charge >= 0.3 is 0 Å². The molecule has 0 aliphatic carbocycles. The lowest BCUT2D eigenvalue weighted by molar-refractivity contribution is 0.0195. The van der Waals surface area contributed by atoms with E-state index in [4.69, 9.17) is 19.2 Å². The van der Waals surface area contributed by atoms with E-state index in [1.165, 1.54) is 6.42 Å². The summed E-state index contributed by atoms with van der Waals surface area (Å²) in [5, 5.41) is 3.46. The summed E-state index contributed by atoms with van der Waals surface area (Å²) < 4.78 is 16.6. The fourth-order valence-electron chi connectivity index (χ4n) is 3.92. The minimum absolute atomic E-state index is 0. The largest absolute Gasteiger partial charge is 0.381 e. The van der Waals surface area contributed by atoms with Gasteiger partial charge in [-0.05, 0) is 26.2 Å². The summed E-state index contributed by atoms with van der Waals surface area (Å²) in [5.74, 6) is 1.66. The second-order valence-corrected chi connectivity index (χ2v) is 7.43. The van der Waals surface area contributed by atoms with Crippen LogP contribution in [0.5, 0.6) is 0 Å². The number of halogens is 1. The van der Waals surface area contributed by atoms with E-state index in [1.54, 1.807) is 0 Å². The van der Waals surface area contributed by atoms with Gasteiger partial charge in [-0.3, -0.25) is 9.89 Å². The Labute approximate surface area is 181 Å². The van der Waals surface area contributed by atoms with E-state index in [2.05, 4.69) is 22.0 Å². The quantitative estimate of drug-likeness (QED) is 0.238. The number of guanidine groups is 1. The molecule has 1 N–H and O–H groups in total. The smallest absolute Gasteiger partial charge is 0.193 e. The number of hydrogen-bond donors (Lipinski definition) is 1. The summed E-state index contributed by atoms with van der Waals surface area (Å²) in [6.45, 7) is 13.3. The van der Waals surface area contributed by atoms with Gasteiger partial charge in [0.25, 0.3) is 0 Å². The molecule has 7 nitrogen and oxygen atoms in total. The van der Waals surface area contributed by atoms with Gasteiger partial charge < -0.3 is 24.4 Å². The van der Waals surface area contributed by atoms with Crippen LogP contribution in [0.2, 0.25) is 0 Å². The highest BCUT2D eigenvalue weighted by Crippen LogP contribution is 2.17. The zero-order valence-electron chi connectivity index (χ0n) is 16.7. The molecule has 3 saturated heterocycles. The molecule has 2 atom stereocenters. The Morgan fingerprint density at radius 2 is 2.00 bits per heavy atom. The maximum Gasteiger partial charge on any atom is 0.193 e. The van der Waals surface area contributed by atoms with Crippen LogP contribution < -0.4 is 5.32 Å². The van der Waals surface area contributed by atoms with Crippen LogP contribution in [0, 0.1) is 5.92 Å². The average molecular weight is 496 g/mol. The highest BCUT2D eigenvalue weighted by molar-refractivity contribution is 14.0. The maximum absolute atomic E-state index is 5.78. The van der Waals surface area contributed by atoms with Gasteiger partial charge in [0.15, 0.2) is 5.96 Å². The van der Waals surface area contributed by atoms with Crippen molar-refractivity contribution < 1.29 is 14.2 Å². The molecule has 3 aliphatic rings. The van der Waals surface area contributed by atoms with Gasteiger partial charge in [-0.25, -0.2) is 0 Å². The normalized spacial score (nSPS) is 27.0. The molecule has 158 valence electrons. The molecule has 0 amide bonds. The fraction of sp³-hybridized carbons (Fsp3) is 0.947. The van der Waals surface area contributed by atoms with Crippen LogP contribution in [-0.2, 0) is 14.2 Å². The minimum atomic E-state index is 0. The van der Waals surface area contributed by atoms with Crippen LogP contribution in [0.15, 0.2) is 4.99 Å². The third-order valence-corrected chi connectivity index (χ3v) is 5.45. The Morgan fingerprint density at radius 3 is 2.74 bits per heavy atom. The first kappa shape index (κ1) is 23.1. The van der Waals surface area contributed by atoms with Gasteiger partial charge in [-0.15, -0.1) is 24.0 Å². The van der Waals surface area contributed by atoms with Crippen molar-refractivity contribution in [2.45, 2.75) is 32.2 Å². The van der Waals surface area contributed by atoms with Crippen LogP contribution in [0.1, 0.15) is 26.2 Å². The Bertz CT molecular complexity index is 429. The number of ether oxygens (including phenoxy) is 3. The maximum atomic E-state index is 5.78. The minimum Gasteiger partial charge on any atom is -0.381 e. The number of rotatable bonds is 8. The third-order valence-electron chi connectivity index (χ3n) is 5.45. The average Bonchev–Trinajstić information content (AvgIpc) is 3.36. The molecule has 0 aromatic carbocycles. The van der Waals surface area contributed by atoms with Crippen LogP contribution in [-0.4, -0.2) is 101 Å². The first-order chi connectivity index (χ1) is 12.9. The highest BCUT2D eigenvalue weighted by atomic mass is 127. The lowest BCUT2D eigenvalue weighted by Crippen LogP contribution is -2.46. The molecule has 3 aliphatic heterocycles. The molecule has 3 heterocycles. The molecule has 0 radical (unpaired) electrons. The zero-order chi connectivity index (χ0) is 18.0. The second kappa shape index (κ2) is 13.1. The van der Waals surface area contributed by atoms with Crippen molar-refractivity contribution in [1.29, 1.82) is 0 Å². The van der Waals surface area contributed by atoms with E-state index in [0.29, 0.717) is 12.0 Å². The van der Waals surface area contributed by atoms with Crippen molar-refractivity contribution in [3.05, 3.63) is 0 Å². The zero-order valence-corrected chi connectivity index (χ0v) is 19.1. The van der Waals surface area contributed by atoms with E-state index in [-0.39, 0.29) is 24.0 Å². The van der Waals surface area contributed by atoms with Crippen LogP contribution in [0.25, 0.3) is 0 Å². The monoisotopic (exact) mass is 496 g/mol. The summed E-state index contributed by atoms with van der Waals surface area (Å²) in [7, 11) is 0. The number of aliphatic imine (C=N–C) groups is 1. The van der Waals surface area contributed by atoms with Gasteiger partial charge in [0.05, 0.1) is 26.4 Å². The Kier molecular flexibility index (Phi) is 11.2. The van der Waals surface area contributed by atoms with Crippen molar-refractivity contribution in [2.75, 3.05) is 78.9 Å². The van der Waals surface area contributed by atoms with E-state index in [1.807, 2.05) is 0 Å². The van der Waals surface area contributed by atoms with Crippen molar-refractivity contribution in [3.8, 4) is 0 Å². The highest BCUT2D eigenvalue weighted by Gasteiger charge is 2.30. The predicted molar refractivity (Wildman–Crippen MR) is 118 cm³/mol. The van der Waals surface area contributed by atoms with Gasteiger partial charge in [-0.1, -0.05) is 0 Å². The molecular weight excluding hydrogens is 459 g/mol. The number of nitrogens with one attached hydrogen (secondary N) is 1. The SMILES string of the molecule is CCNC(=NCCCOCC1CCOC1)N1CCC(N2CCOCC2)C1.I. The molecule has 2 unspecified atom stereocenters. The van der Waals surface area contributed by atoms with Crippen molar-refractivity contribution >= 4 is 29.9 Å². The molecule has 0 saturated carbocycles. The van der Waals surface area contributed by atoms with E-state index in [9.17, 15) is 0 Å². The number of likely N-dealkylation sites (tertiary alicyclic amines) is 1. The first-order valence-electron chi connectivity index (χ1n) is 10.4. The lowest BCUT2D eigenvalue weighted by atomic mass is 10.1. The van der Waals surface area contributed by atoms with Crippen LogP contribution >= 0.6 is 24.0 Å². The number of nitrogens with zero attached hydrogens (tertiary/aromatic N) is 3. The van der Waals surface area contributed by atoms with Crippen LogP contribution in [0.3, 0.4) is 0 Å². The Hall–Kier alpha value is -0.160. The Morgan fingerprint density at radius 1 is 1.15 bits per heavy atom. The number of morpholine rings is 1. The summed E-state index contributed by atoms with van der Waals surface area (Å²) in [4.78, 5) is 9.82. The molecule has 8 heteroatoms. The summed E-state index contributed by atoms with van der Waals surface area (Å²) in [6, 6.07) is 0.639. The van der Waals surface area contributed by atoms with Crippen molar-refractivity contribution in [3.63, 3.8) is 0 Å². The van der Waals surface area contributed by atoms with Crippen molar-refractivity contribution in [2.24, 2.45) is 10.9 Å². The lowest BCUT2D eigenvalue weighted by Gasteiger charge is -2.32. The van der Waals surface area contributed by atoms with E-state index in [0.717, 1.165) is 97.7 Å². The first-order valence-corrected chi connectivity index (χ1v) is 10.4. The Balaban J connectivity index is 0.00000261. The van der Waals surface area contributed by atoms with Gasteiger partial charge in [-0.2, -0.15) is 0 Å². The van der Waals surface area contributed by atoms with E-state index >= 15 is 0 Å². The molecule has 0 aromatic heterocycles. The molecule has 0 bridgehead atoms. The topological polar surface area (TPSA) is 58.6 Å².